The van der Waals surface area contributed by atoms with Gasteiger partial charge in [0.05, 0.1) is 20.6 Å². The molecule has 2 aromatic rings. The number of rotatable bonds is 5. The molecule has 0 aliphatic rings. The minimum atomic E-state index is -3.60. The zero-order chi connectivity index (χ0) is 17.9. The number of nitrogens with one attached hydrogen (secondary N) is 2. The maximum absolute atomic E-state index is 12.3. The number of halogens is 2. The Kier molecular flexibility index (Phi) is 5.87. The molecule has 0 bridgehead atoms. The van der Waals surface area contributed by atoms with Crippen LogP contribution in [0.4, 0.5) is 5.69 Å². The lowest BCUT2D eigenvalue weighted by Crippen LogP contribution is -2.30. The third-order valence-corrected chi connectivity index (χ3v) is 5.32. The van der Waals surface area contributed by atoms with Crippen molar-refractivity contribution in [2.75, 3.05) is 5.32 Å². The Labute approximate surface area is 151 Å². The van der Waals surface area contributed by atoms with E-state index < -0.39 is 15.9 Å². The molecule has 1 amide bonds. The maximum Gasteiger partial charge on any atom is 0.255 e. The number of benzene rings is 2. The first-order chi connectivity index (χ1) is 11.2. The first kappa shape index (κ1) is 18.7. The van der Waals surface area contributed by atoms with Gasteiger partial charge in [-0.3, -0.25) is 4.79 Å². The van der Waals surface area contributed by atoms with Crippen molar-refractivity contribution >= 4 is 44.8 Å². The van der Waals surface area contributed by atoms with Crippen LogP contribution in [-0.2, 0) is 10.0 Å². The molecule has 128 valence electrons. The van der Waals surface area contributed by atoms with Gasteiger partial charge in [-0.15, -0.1) is 0 Å². The van der Waals surface area contributed by atoms with Gasteiger partial charge in [-0.05, 0) is 50.2 Å². The molecule has 0 aromatic heterocycles. The van der Waals surface area contributed by atoms with Crippen molar-refractivity contribution < 1.29 is 13.2 Å². The number of para-hydroxylation sites is 1. The van der Waals surface area contributed by atoms with Crippen LogP contribution in [0.5, 0.6) is 0 Å². The molecular weight excluding hydrogens is 371 g/mol. The topological polar surface area (TPSA) is 75.3 Å². The molecule has 0 radical (unpaired) electrons. The Balaban J connectivity index is 2.20. The first-order valence-corrected chi connectivity index (χ1v) is 9.32. The van der Waals surface area contributed by atoms with Crippen molar-refractivity contribution in [2.45, 2.75) is 24.8 Å². The molecule has 24 heavy (non-hydrogen) atoms. The van der Waals surface area contributed by atoms with Gasteiger partial charge in [0.2, 0.25) is 10.0 Å². The van der Waals surface area contributed by atoms with E-state index in [-0.39, 0.29) is 16.5 Å². The summed E-state index contributed by atoms with van der Waals surface area (Å²) in [6, 6.07) is 10.3. The third kappa shape index (κ3) is 4.48. The zero-order valence-corrected chi connectivity index (χ0v) is 15.3. The van der Waals surface area contributed by atoms with Gasteiger partial charge in [0.25, 0.3) is 5.91 Å². The fourth-order valence-corrected chi connectivity index (χ4v) is 3.71. The van der Waals surface area contributed by atoms with E-state index in [1.165, 1.54) is 24.3 Å². The van der Waals surface area contributed by atoms with Crippen LogP contribution >= 0.6 is 23.2 Å². The Morgan fingerprint density at radius 2 is 1.54 bits per heavy atom. The van der Waals surface area contributed by atoms with E-state index in [4.69, 9.17) is 23.2 Å². The molecule has 0 atom stereocenters. The summed E-state index contributed by atoms with van der Waals surface area (Å²) in [7, 11) is -3.60. The Hall–Kier alpha value is -1.60. The van der Waals surface area contributed by atoms with E-state index in [0.29, 0.717) is 15.7 Å². The number of carbonyl (C=O) groups is 1. The molecule has 5 nitrogen and oxygen atoms in total. The van der Waals surface area contributed by atoms with E-state index in [1.54, 1.807) is 32.0 Å². The van der Waals surface area contributed by atoms with E-state index in [0.717, 1.165) is 0 Å². The second-order valence-electron chi connectivity index (χ2n) is 5.35. The monoisotopic (exact) mass is 386 g/mol. The highest BCUT2D eigenvalue weighted by Gasteiger charge is 2.17. The van der Waals surface area contributed by atoms with Gasteiger partial charge < -0.3 is 5.32 Å². The van der Waals surface area contributed by atoms with Crippen LogP contribution in [0.3, 0.4) is 0 Å². The normalized spacial score (nSPS) is 11.5. The van der Waals surface area contributed by atoms with Crippen LogP contribution in [0.15, 0.2) is 47.4 Å². The molecular formula is C16H16Cl2N2O3S. The second kappa shape index (κ2) is 7.53. The van der Waals surface area contributed by atoms with E-state index in [1.807, 2.05) is 0 Å². The van der Waals surface area contributed by atoms with E-state index in [9.17, 15) is 13.2 Å². The summed E-state index contributed by atoms with van der Waals surface area (Å²) in [6.45, 7) is 3.46. The molecule has 2 aromatic carbocycles. The Bertz CT molecular complexity index is 830. The smallest absolute Gasteiger partial charge is 0.255 e. The molecule has 0 fully saturated rings. The van der Waals surface area contributed by atoms with Crippen LogP contribution in [0, 0.1) is 0 Å². The number of hydrogen-bond acceptors (Lipinski definition) is 3. The number of carbonyl (C=O) groups excluding carboxylic acids is 1. The highest BCUT2D eigenvalue weighted by atomic mass is 35.5. The molecule has 2 N–H and O–H groups in total. The number of anilines is 1. The lowest BCUT2D eigenvalue weighted by Gasteiger charge is -2.11. The molecule has 0 aliphatic carbocycles. The van der Waals surface area contributed by atoms with Gasteiger partial charge in [-0.2, -0.15) is 0 Å². The van der Waals surface area contributed by atoms with Gasteiger partial charge in [0.15, 0.2) is 0 Å². The second-order valence-corrected chi connectivity index (χ2v) is 7.88. The Morgan fingerprint density at radius 3 is 2.04 bits per heavy atom. The van der Waals surface area contributed by atoms with Crippen LogP contribution in [0.2, 0.25) is 10.0 Å². The van der Waals surface area contributed by atoms with Gasteiger partial charge in [0.1, 0.15) is 0 Å². The molecule has 0 aliphatic heterocycles. The molecule has 0 spiro atoms. The number of sulfonamides is 1. The zero-order valence-electron chi connectivity index (χ0n) is 13.0. The average molecular weight is 387 g/mol. The molecule has 8 heteroatoms. The van der Waals surface area contributed by atoms with Crippen LogP contribution in [0.1, 0.15) is 24.2 Å². The van der Waals surface area contributed by atoms with E-state index in [2.05, 4.69) is 10.0 Å². The van der Waals surface area contributed by atoms with Crippen LogP contribution in [-0.4, -0.2) is 20.4 Å². The first-order valence-electron chi connectivity index (χ1n) is 7.08. The van der Waals surface area contributed by atoms with Crippen molar-refractivity contribution in [3.63, 3.8) is 0 Å². The summed E-state index contributed by atoms with van der Waals surface area (Å²) in [4.78, 5) is 12.4. The van der Waals surface area contributed by atoms with Gasteiger partial charge in [-0.1, -0.05) is 29.3 Å². The maximum atomic E-state index is 12.3. The third-order valence-electron chi connectivity index (χ3n) is 3.02. The standard InChI is InChI=1S/C16H16Cl2N2O3S/c1-10(2)20-24(22,23)12-8-6-11(7-9-12)16(21)19-15-13(17)4-3-5-14(15)18/h3-10,20H,1-2H3,(H,19,21). The van der Waals surface area contributed by atoms with Crippen molar-refractivity contribution in [1.29, 1.82) is 0 Å². The fraction of sp³-hybridized carbons (Fsp3) is 0.188. The van der Waals surface area contributed by atoms with Gasteiger partial charge in [-0.25, -0.2) is 13.1 Å². The largest absolute Gasteiger partial charge is 0.319 e. The molecule has 0 unspecified atom stereocenters. The average Bonchev–Trinajstić information content (AvgIpc) is 2.50. The van der Waals surface area contributed by atoms with Crippen molar-refractivity contribution in [3.05, 3.63) is 58.1 Å². The summed E-state index contributed by atoms with van der Waals surface area (Å²) in [6.07, 6.45) is 0. The van der Waals surface area contributed by atoms with Crippen LogP contribution < -0.4 is 10.0 Å². The van der Waals surface area contributed by atoms with Crippen LogP contribution in [0.25, 0.3) is 0 Å². The van der Waals surface area contributed by atoms with E-state index >= 15 is 0 Å². The summed E-state index contributed by atoms with van der Waals surface area (Å²) in [5, 5.41) is 3.25. The molecule has 0 saturated heterocycles. The SMILES string of the molecule is CC(C)NS(=O)(=O)c1ccc(C(=O)Nc2c(Cl)cccc2Cl)cc1. The molecule has 0 heterocycles. The van der Waals surface area contributed by atoms with Gasteiger partial charge in [0, 0.05) is 11.6 Å². The van der Waals surface area contributed by atoms with Gasteiger partial charge >= 0.3 is 0 Å². The predicted molar refractivity (Wildman–Crippen MR) is 96.3 cm³/mol. The summed E-state index contributed by atoms with van der Waals surface area (Å²) in [5.74, 6) is -0.439. The summed E-state index contributed by atoms with van der Waals surface area (Å²) >= 11 is 12.0. The number of hydrogen-bond donors (Lipinski definition) is 2. The lowest BCUT2D eigenvalue weighted by atomic mass is 10.2. The highest BCUT2D eigenvalue weighted by molar-refractivity contribution is 7.89. The molecule has 2 rings (SSSR count). The number of amides is 1. The highest BCUT2D eigenvalue weighted by Crippen LogP contribution is 2.30. The van der Waals surface area contributed by atoms with Crippen molar-refractivity contribution in [3.8, 4) is 0 Å². The minimum Gasteiger partial charge on any atom is -0.319 e. The van der Waals surface area contributed by atoms with Crippen molar-refractivity contribution in [1.82, 2.24) is 4.72 Å². The van der Waals surface area contributed by atoms with Crippen molar-refractivity contribution in [2.24, 2.45) is 0 Å². The molecule has 0 saturated carbocycles. The quantitative estimate of drug-likeness (QED) is 0.816. The lowest BCUT2D eigenvalue weighted by molar-refractivity contribution is 0.102. The summed E-state index contributed by atoms with van der Waals surface area (Å²) < 4.78 is 26.6. The summed E-state index contributed by atoms with van der Waals surface area (Å²) in [5.41, 5.74) is 0.596. The minimum absolute atomic E-state index is 0.0866. The fourth-order valence-electron chi connectivity index (χ4n) is 1.97. The predicted octanol–water partition coefficient (Wildman–Crippen LogP) is 3.93. The Morgan fingerprint density at radius 1 is 1.00 bits per heavy atom.